The molecule has 16 heteroatoms. The highest BCUT2D eigenvalue weighted by Gasteiger charge is 2.40. The molecule has 5 aliphatic heterocycles. The summed E-state index contributed by atoms with van der Waals surface area (Å²) >= 11 is 0. The zero-order valence-electron chi connectivity index (χ0n) is 34.0. The van der Waals surface area contributed by atoms with Crippen molar-refractivity contribution in [1.29, 1.82) is 0 Å². The number of para-hydroxylation sites is 1. The van der Waals surface area contributed by atoms with Gasteiger partial charge in [0.2, 0.25) is 11.8 Å². The average molecular weight is 824 g/mol. The molecule has 5 aliphatic rings. The van der Waals surface area contributed by atoms with E-state index in [0.717, 1.165) is 104 Å². The van der Waals surface area contributed by atoms with Gasteiger partial charge in [0.1, 0.15) is 35.4 Å². The van der Waals surface area contributed by atoms with E-state index < -0.39 is 11.9 Å². The van der Waals surface area contributed by atoms with Gasteiger partial charge in [-0.1, -0.05) is 18.2 Å². The summed E-state index contributed by atoms with van der Waals surface area (Å²) in [4.78, 5) is 70.6. The van der Waals surface area contributed by atoms with E-state index >= 15 is 0 Å². The number of hydrogen-bond donors (Lipinski definition) is 2. The van der Waals surface area contributed by atoms with Crippen molar-refractivity contribution in [2.75, 3.05) is 63.0 Å². The second kappa shape index (κ2) is 16.1. The van der Waals surface area contributed by atoms with Crippen LogP contribution in [0.25, 0.3) is 22.3 Å². The van der Waals surface area contributed by atoms with Gasteiger partial charge >= 0.3 is 6.03 Å². The first-order chi connectivity index (χ1) is 29.8. The maximum atomic E-state index is 13.8. The fourth-order valence-corrected chi connectivity index (χ4v) is 9.78. The van der Waals surface area contributed by atoms with Gasteiger partial charge in [0, 0.05) is 88.2 Å². The molecule has 0 saturated carbocycles. The lowest BCUT2D eigenvalue weighted by Gasteiger charge is -2.44. The van der Waals surface area contributed by atoms with E-state index in [2.05, 4.69) is 31.2 Å². The highest BCUT2D eigenvalue weighted by Crippen LogP contribution is 2.36. The topological polar surface area (TPSA) is 175 Å². The molecule has 0 radical (unpaired) electrons. The van der Waals surface area contributed by atoms with E-state index in [1.54, 1.807) is 4.90 Å². The van der Waals surface area contributed by atoms with Gasteiger partial charge in [0.05, 0.1) is 11.4 Å². The van der Waals surface area contributed by atoms with Gasteiger partial charge in [-0.05, 0) is 92.3 Å². The molecule has 314 valence electrons. The Hall–Kier alpha value is -6.55. The van der Waals surface area contributed by atoms with Crippen LogP contribution >= 0.6 is 0 Å². The number of carbonyl (C=O) groups excluding carboxylic acids is 4. The number of fused-ring (bicyclic) bond motifs is 2. The molecule has 4 saturated heterocycles. The lowest BCUT2D eigenvalue weighted by molar-refractivity contribution is -0.136. The minimum Gasteiger partial charge on any atom is -0.457 e. The number of piperazine rings is 1. The lowest BCUT2D eigenvalue weighted by Crippen LogP contribution is -2.55. The molecule has 7 heterocycles. The summed E-state index contributed by atoms with van der Waals surface area (Å²) in [5.41, 5.74) is 11.4. The molecule has 0 aliphatic carbocycles. The van der Waals surface area contributed by atoms with Crippen LogP contribution < -0.4 is 20.7 Å². The third-order valence-corrected chi connectivity index (χ3v) is 13.1. The van der Waals surface area contributed by atoms with E-state index in [1.807, 2.05) is 81.2 Å². The summed E-state index contributed by atoms with van der Waals surface area (Å²) in [6.45, 7) is 6.74. The van der Waals surface area contributed by atoms with Crippen molar-refractivity contribution in [1.82, 2.24) is 44.7 Å². The number of benzene rings is 3. The average Bonchev–Trinajstić information content (AvgIpc) is 3.85. The number of ether oxygens (including phenoxy) is 1. The third-order valence-electron chi connectivity index (χ3n) is 13.1. The molecule has 0 bridgehead atoms. The Morgan fingerprint density at radius 3 is 2.15 bits per heavy atom. The Morgan fingerprint density at radius 2 is 1.44 bits per heavy atom. The van der Waals surface area contributed by atoms with E-state index in [9.17, 15) is 19.2 Å². The van der Waals surface area contributed by atoms with Gasteiger partial charge in [0.25, 0.3) is 5.91 Å². The molecule has 5 aromatic rings. The summed E-state index contributed by atoms with van der Waals surface area (Å²) in [6, 6.07) is 23.4. The van der Waals surface area contributed by atoms with Crippen LogP contribution in [0.2, 0.25) is 0 Å². The summed E-state index contributed by atoms with van der Waals surface area (Å²) in [6.07, 6.45) is 5.49. The number of likely N-dealkylation sites (tertiary alicyclic amines) is 2. The molecule has 1 unspecified atom stereocenters. The number of nitrogens with one attached hydrogen (secondary N) is 1. The highest BCUT2D eigenvalue weighted by molar-refractivity contribution is 6.05. The molecular formula is C45H49N11O5. The van der Waals surface area contributed by atoms with Crippen molar-refractivity contribution < 1.29 is 23.9 Å². The van der Waals surface area contributed by atoms with Crippen LogP contribution in [0.3, 0.4) is 0 Å². The van der Waals surface area contributed by atoms with Crippen LogP contribution in [0.5, 0.6) is 11.5 Å². The van der Waals surface area contributed by atoms with E-state index in [4.69, 9.17) is 15.6 Å². The number of carbonyl (C=O) groups is 4. The number of amides is 5. The third kappa shape index (κ3) is 7.49. The first-order valence-electron chi connectivity index (χ1n) is 21.4. The Bertz CT molecular complexity index is 2470. The molecule has 0 spiro atoms. The van der Waals surface area contributed by atoms with Gasteiger partial charge < -0.3 is 30.1 Å². The van der Waals surface area contributed by atoms with E-state index in [1.165, 1.54) is 6.33 Å². The Kier molecular flexibility index (Phi) is 10.2. The molecule has 4 fully saturated rings. The SMILES string of the molecule is Nc1ncnc2c1c(-c1ccc(Oc3ccccc3)cc1)nn2C1CCN(C(=O)N2CCC(N3CCN(c4ccc5c(c4)CN(C4CCC(=O)NC4=O)C5=O)CC3)CC2)CC1. The van der Waals surface area contributed by atoms with Crippen LogP contribution in [0, 0.1) is 0 Å². The number of nitrogens with zero attached hydrogens (tertiary/aromatic N) is 9. The van der Waals surface area contributed by atoms with Crippen LogP contribution in [0.1, 0.15) is 60.5 Å². The first-order valence-corrected chi connectivity index (χ1v) is 21.4. The largest absolute Gasteiger partial charge is 0.457 e. The van der Waals surface area contributed by atoms with Gasteiger partial charge in [0.15, 0.2) is 5.65 Å². The Balaban J connectivity index is 0.711. The molecule has 10 rings (SSSR count). The highest BCUT2D eigenvalue weighted by atomic mass is 16.5. The fraction of sp³-hybridized carbons (Fsp3) is 0.400. The number of nitrogens with two attached hydrogens (primary N) is 1. The second-order valence-electron chi connectivity index (χ2n) is 16.7. The van der Waals surface area contributed by atoms with Crippen molar-refractivity contribution in [2.24, 2.45) is 0 Å². The summed E-state index contributed by atoms with van der Waals surface area (Å²) in [5, 5.41) is 8.17. The number of hydrogen-bond acceptors (Lipinski definition) is 11. The number of piperidine rings is 3. The number of anilines is 2. The van der Waals surface area contributed by atoms with Crippen molar-refractivity contribution in [3.63, 3.8) is 0 Å². The monoisotopic (exact) mass is 823 g/mol. The minimum atomic E-state index is -0.615. The predicted octanol–water partition coefficient (Wildman–Crippen LogP) is 4.67. The zero-order chi connectivity index (χ0) is 41.6. The molecule has 61 heavy (non-hydrogen) atoms. The number of rotatable bonds is 7. The van der Waals surface area contributed by atoms with Gasteiger partial charge in [-0.25, -0.2) is 19.4 Å². The number of imide groups is 1. The smallest absolute Gasteiger partial charge is 0.320 e. The molecule has 1 atom stereocenters. The summed E-state index contributed by atoms with van der Waals surface area (Å²) in [5.74, 6) is 1.04. The molecular weight excluding hydrogens is 775 g/mol. The van der Waals surface area contributed by atoms with Gasteiger partial charge in [-0.15, -0.1) is 0 Å². The zero-order valence-corrected chi connectivity index (χ0v) is 34.0. The van der Waals surface area contributed by atoms with Crippen LogP contribution in [-0.2, 0) is 16.1 Å². The number of urea groups is 1. The van der Waals surface area contributed by atoms with Crippen molar-refractivity contribution in [3.8, 4) is 22.8 Å². The van der Waals surface area contributed by atoms with Crippen molar-refractivity contribution in [2.45, 2.75) is 63.2 Å². The summed E-state index contributed by atoms with van der Waals surface area (Å²) in [7, 11) is 0. The first kappa shape index (κ1) is 38.6. The second-order valence-corrected chi connectivity index (χ2v) is 16.7. The van der Waals surface area contributed by atoms with Crippen molar-refractivity contribution in [3.05, 3.63) is 90.3 Å². The van der Waals surface area contributed by atoms with Crippen LogP contribution in [-0.4, -0.2) is 128 Å². The molecule has 3 N–H and O–H groups in total. The van der Waals surface area contributed by atoms with Crippen molar-refractivity contribution >= 4 is 46.3 Å². The molecule has 16 nitrogen and oxygen atoms in total. The lowest BCUT2D eigenvalue weighted by atomic mass is 10.0. The normalized spacial score (nSPS) is 20.7. The van der Waals surface area contributed by atoms with E-state index in [-0.39, 0.29) is 30.3 Å². The van der Waals surface area contributed by atoms with Crippen LogP contribution in [0.4, 0.5) is 16.3 Å². The maximum Gasteiger partial charge on any atom is 0.320 e. The number of nitrogen functional groups attached to an aromatic ring is 1. The minimum absolute atomic E-state index is 0.0616. The van der Waals surface area contributed by atoms with Gasteiger partial charge in [-0.2, -0.15) is 5.10 Å². The quantitative estimate of drug-likeness (QED) is 0.218. The maximum absolute atomic E-state index is 13.8. The molecule has 2 aromatic heterocycles. The molecule has 5 amide bonds. The fourth-order valence-electron chi connectivity index (χ4n) is 9.78. The predicted molar refractivity (Wildman–Crippen MR) is 228 cm³/mol. The van der Waals surface area contributed by atoms with Crippen LogP contribution in [0.15, 0.2) is 79.1 Å². The van der Waals surface area contributed by atoms with E-state index in [0.29, 0.717) is 49.1 Å². The van der Waals surface area contributed by atoms with Gasteiger partial charge in [-0.3, -0.25) is 24.6 Å². The summed E-state index contributed by atoms with van der Waals surface area (Å²) < 4.78 is 7.98. The molecule has 3 aromatic carbocycles. The number of aromatic nitrogens is 4. The Morgan fingerprint density at radius 1 is 0.754 bits per heavy atom. The Labute approximate surface area is 353 Å². The standard InChI is InChI=1S/C45H49N11O5/c46-41-39-40(29-6-9-35(10-7-29)61-34-4-2-1-3-5-34)50-56(42(39)48-28-47-41)32-16-20-54(21-17-32)45(60)53-18-14-31(15-19-53)51-22-24-52(25-23-51)33-8-11-36-30(26-33)27-55(44(36)59)37-12-13-38(57)49-43(37)58/h1-11,26,28,31-32,37H,12-25,27H2,(H2,46,47,48)(H,49,57,58).